The van der Waals surface area contributed by atoms with Crippen LogP contribution in [-0.2, 0) is 22.4 Å². The second-order valence-electron chi connectivity index (χ2n) is 12.7. The van der Waals surface area contributed by atoms with Crippen molar-refractivity contribution in [2.45, 2.75) is 44.9 Å². The molecule has 7 rings (SSSR count). The minimum absolute atomic E-state index is 0. The lowest BCUT2D eigenvalue weighted by molar-refractivity contribution is -0.377. The van der Waals surface area contributed by atoms with E-state index in [-0.39, 0.29) is 30.3 Å². The number of aromatic amines is 1. The van der Waals surface area contributed by atoms with Gasteiger partial charge in [-0.15, -0.1) is 0 Å². The average Bonchev–Trinajstić information content (AvgIpc) is 3.13. The molecule has 0 aliphatic carbocycles. The molecule has 270 valence electrons. The molecule has 2 atom stereocenters. The molecule has 3 aliphatic rings. The molecule has 13 heteroatoms. The highest BCUT2D eigenvalue weighted by Gasteiger charge is 2.37. The van der Waals surface area contributed by atoms with Gasteiger partial charge >= 0.3 is 12.1 Å². The second-order valence-corrected chi connectivity index (χ2v) is 13.5. The molecule has 3 aromatic carbocycles. The highest BCUT2D eigenvalue weighted by molar-refractivity contribution is 6.35. The van der Waals surface area contributed by atoms with E-state index >= 15 is 0 Å². The number of carbonyl (C=O) groups is 2. The Morgan fingerprint density at radius 2 is 1.65 bits per heavy atom. The Hall–Kier alpha value is -4.55. The molecule has 4 heterocycles. The summed E-state index contributed by atoms with van der Waals surface area (Å²) in [6, 6.07) is 17.1. The van der Waals surface area contributed by atoms with Gasteiger partial charge in [0.15, 0.2) is 23.9 Å². The van der Waals surface area contributed by atoms with Crippen LogP contribution in [0.25, 0.3) is 0 Å². The van der Waals surface area contributed by atoms with Gasteiger partial charge < -0.3 is 29.5 Å². The Balaban J connectivity index is 0.00000504. The number of benzene rings is 3. The molecule has 1 amide bonds. The number of hydrogen-bond donors (Lipinski definition) is 1. The average molecular weight is 739 g/mol. The van der Waals surface area contributed by atoms with Crippen LogP contribution >= 0.6 is 23.2 Å². The van der Waals surface area contributed by atoms with Crippen LogP contribution in [-0.4, -0.2) is 67.5 Å². The number of nitrogens with one attached hydrogen (secondary N) is 1. The number of esters is 1. The minimum atomic E-state index is -0.773. The van der Waals surface area contributed by atoms with Gasteiger partial charge in [0.2, 0.25) is 0 Å². The van der Waals surface area contributed by atoms with Crippen LogP contribution in [0.2, 0.25) is 10.0 Å². The van der Waals surface area contributed by atoms with Crippen LogP contribution in [0.4, 0.5) is 10.5 Å². The number of amides is 1. The Bertz CT molecular complexity index is 1830. The van der Waals surface area contributed by atoms with Gasteiger partial charge in [0.1, 0.15) is 28.0 Å². The minimum Gasteiger partial charge on any atom is -0.870 e. The van der Waals surface area contributed by atoms with Crippen molar-refractivity contribution < 1.29 is 44.1 Å². The third kappa shape index (κ3) is 8.68. The zero-order valence-corrected chi connectivity index (χ0v) is 30.1. The Morgan fingerprint density at radius 3 is 2.27 bits per heavy atom. The predicted octanol–water partition coefficient (Wildman–Crippen LogP) is 7.04. The van der Waals surface area contributed by atoms with E-state index in [4.69, 9.17) is 42.1 Å². The number of phenols is 1. The SMILES string of the molecule is COc1ccc([C@H](Cc2c(Cl)c[nH+]cc2Cl)OC(=O)c2ccc(CN(C(=O)O[C@H]3CN4CCC3CC4)c3cc(O)ccc3C)cc2)cc1OC.[OH-]. The lowest BCUT2D eigenvalue weighted by atomic mass is 9.86. The van der Waals surface area contributed by atoms with E-state index in [1.165, 1.54) is 12.0 Å². The van der Waals surface area contributed by atoms with E-state index in [9.17, 15) is 14.7 Å². The van der Waals surface area contributed by atoms with Gasteiger partial charge in [-0.2, -0.15) is 0 Å². The normalized spacial score (nSPS) is 18.3. The molecule has 2 bridgehead atoms. The summed E-state index contributed by atoms with van der Waals surface area (Å²) in [5, 5.41) is 11.1. The van der Waals surface area contributed by atoms with E-state index in [0.717, 1.165) is 43.6 Å². The van der Waals surface area contributed by atoms with Crippen molar-refractivity contribution in [1.29, 1.82) is 0 Å². The van der Waals surface area contributed by atoms with E-state index in [0.29, 0.717) is 49.8 Å². The zero-order chi connectivity index (χ0) is 35.4. The van der Waals surface area contributed by atoms with E-state index in [1.54, 1.807) is 80.2 Å². The molecule has 3 aliphatic heterocycles. The summed E-state index contributed by atoms with van der Waals surface area (Å²) < 4.78 is 23.1. The predicted molar refractivity (Wildman–Crippen MR) is 191 cm³/mol. The monoisotopic (exact) mass is 737 g/mol. The number of rotatable bonds is 11. The number of aryl methyl sites for hydroxylation is 1. The summed E-state index contributed by atoms with van der Waals surface area (Å²) in [5.74, 6) is 0.840. The Morgan fingerprint density at radius 1 is 0.961 bits per heavy atom. The standard InChI is InChI=1S/C38H39Cl2N3O7.H2O/c1-23-4-10-28(44)17-32(23)43(38(46)50-36-22-42-14-12-25(36)13-15-42)21-24-5-7-26(8-6-24)37(45)49-34(18-29-30(39)19-41-20-31(29)40)27-9-11-33(47-2)35(16-27)48-3;/h4-11,16-17,19-20,25,34,36,44H,12-15,18,21-22H2,1-3H3;1H2/t34-,36-;/m0./s1. The number of phenolic OH excluding ortho intramolecular Hbond substituents is 1. The molecular formula is C38H41Cl2N3O8. The molecule has 4 aromatic rings. The lowest BCUT2D eigenvalue weighted by Crippen LogP contribution is -2.53. The number of H-pyrrole nitrogens is 1. The molecule has 0 spiro atoms. The summed E-state index contributed by atoms with van der Waals surface area (Å²) >= 11 is 13.0. The van der Waals surface area contributed by atoms with Gasteiger partial charge in [-0.1, -0.05) is 47.5 Å². The fourth-order valence-corrected chi connectivity index (χ4v) is 7.17. The van der Waals surface area contributed by atoms with E-state index < -0.39 is 18.2 Å². The van der Waals surface area contributed by atoms with Crippen molar-refractivity contribution in [3.63, 3.8) is 0 Å². The van der Waals surface area contributed by atoms with Crippen molar-refractivity contribution in [3.8, 4) is 17.2 Å². The third-order valence-electron chi connectivity index (χ3n) is 9.50. The summed E-state index contributed by atoms with van der Waals surface area (Å²) in [5.41, 5.74) is 3.70. The van der Waals surface area contributed by atoms with Crippen molar-refractivity contribution in [2.24, 2.45) is 5.92 Å². The number of halogens is 2. The van der Waals surface area contributed by atoms with Crippen molar-refractivity contribution in [3.05, 3.63) is 111 Å². The summed E-state index contributed by atoms with van der Waals surface area (Å²) in [6.45, 7) is 4.83. The number of methoxy groups -OCH3 is 2. The molecule has 3 N–H and O–H groups in total. The first kappa shape index (κ1) is 37.7. The van der Waals surface area contributed by atoms with Crippen LogP contribution in [0.5, 0.6) is 17.2 Å². The van der Waals surface area contributed by atoms with Crippen LogP contribution < -0.4 is 19.4 Å². The number of aromatic nitrogens is 1. The van der Waals surface area contributed by atoms with Gasteiger partial charge in [0.25, 0.3) is 0 Å². The first-order valence-electron chi connectivity index (χ1n) is 16.5. The zero-order valence-electron chi connectivity index (χ0n) is 28.6. The number of ether oxygens (including phenoxy) is 4. The number of aromatic hydroxyl groups is 1. The fraction of sp³-hybridized carbons (Fsp3) is 0.342. The van der Waals surface area contributed by atoms with Crippen LogP contribution in [0.15, 0.2) is 73.1 Å². The van der Waals surface area contributed by atoms with Gasteiger partial charge in [0, 0.05) is 24.6 Å². The molecular weight excluding hydrogens is 697 g/mol. The highest BCUT2D eigenvalue weighted by Crippen LogP contribution is 2.36. The number of nitrogens with zero attached hydrogens (tertiary/aromatic N) is 2. The maximum Gasteiger partial charge on any atom is 0.414 e. The first-order chi connectivity index (χ1) is 24.1. The van der Waals surface area contributed by atoms with Gasteiger partial charge in [-0.25, -0.2) is 14.6 Å². The lowest BCUT2D eigenvalue weighted by Gasteiger charge is -2.44. The van der Waals surface area contributed by atoms with Gasteiger partial charge in [0.05, 0.1) is 32.0 Å². The highest BCUT2D eigenvalue weighted by atomic mass is 35.5. The number of carbonyl (C=O) groups excluding carboxylic acids is 2. The number of fused-ring (bicyclic) bond motifs is 3. The van der Waals surface area contributed by atoms with Crippen molar-refractivity contribution in [1.82, 2.24) is 4.90 Å². The second kappa shape index (κ2) is 16.6. The molecule has 51 heavy (non-hydrogen) atoms. The van der Waals surface area contributed by atoms with Gasteiger partial charge in [-0.05, 0) is 85.8 Å². The molecule has 3 saturated heterocycles. The smallest absolute Gasteiger partial charge is 0.414 e. The van der Waals surface area contributed by atoms with Crippen LogP contribution in [0.3, 0.4) is 0 Å². The molecule has 0 radical (unpaired) electrons. The maximum absolute atomic E-state index is 13.8. The number of piperidine rings is 3. The molecule has 11 nitrogen and oxygen atoms in total. The van der Waals surface area contributed by atoms with E-state index in [2.05, 4.69) is 9.88 Å². The Kier molecular flexibility index (Phi) is 12.3. The fourth-order valence-electron chi connectivity index (χ4n) is 6.64. The molecule has 0 unspecified atom stereocenters. The van der Waals surface area contributed by atoms with Crippen molar-refractivity contribution >= 4 is 41.0 Å². The summed E-state index contributed by atoms with van der Waals surface area (Å²) in [6.07, 6.45) is 4.02. The first-order valence-corrected chi connectivity index (χ1v) is 17.2. The third-order valence-corrected chi connectivity index (χ3v) is 10.2. The maximum atomic E-state index is 13.8. The quantitative estimate of drug-likeness (QED) is 0.160. The molecule has 3 fully saturated rings. The number of anilines is 1. The summed E-state index contributed by atoms with van der Waals surface area (Å²) in [7, 11) is 3.08. The number of hydrogen-bond acceptors (Lipinski definition) is 9. The van der Waals surface area contributed by atoms with Crippen LogP contribution in [0, 0.1) is 12.8 Å². The van der Waals surface area contributed by atoms with Crippen molar-refractivity contribution in [2.75, 3.05) is 38.8 Å². The van der Waals surface area contributed by atoms with Crippen LogP contribution in [0.1, 0.15) is 51.6 Å². The van der Waals surface area contributed by atoms with Gasteiger partial charge in [-0.3, -0.25) is 9.80 Å². The summed E-state index contributed by atoms with van der Waals surface area (Å²) in [4.78, 5) is 34.2. The Labute approximate surface area is 306 Å². The largest absolute Gasteiger partial charge is 0.870 e. The topological polar surface area (TPSA) is 142 Å². The number of pyridine rings is 1. The molecule has 0 saturated carbocycles. The molecule has 1 aromatic heterocycles. The van der Waals surface area contributed by atoms with E-state index in [1.807, 2.05) is 6.92 Å².